The van der Waals surface area contributed by atoms with Gasteiger partial charge in [-0.15, -0.1) is 11.6 Å². The maximum absolute atomic E-state index is 10.3. The lowest BCUT2D eigenvalue weighted by atomic mass is 10.1. The van der Waals surface area contributed by atoms with Crippen molar-refractivity contribution in [2.24, 2.45) is 5.92 Å². The van der Waals surface area contributed by atoms with Crippen LogP contribution in [0.2, 0.25) is 0 Å². The first-order valence-electron chi connectivity index (χ1n) is 4.52. The predicted octanol–water partition coefficient (Wildman–Crippen LogP) is 2.13. The summed E-state index contributed by atoms with van der Waals surface area (Å²) in [6.07, 6.45) is 2.22. The minimum atomic E-state index is -1.02. The average Bonchev–Trinajstić information content (AvgIpc) is 2.04. The number of hydrogen-bond acceptors (Lipinski definition) is 2. The molecule has 0 fully saturated rings. The Bertz CT molecular complexity index is 150. The van der Waals surface area contributed by atoms with E-state index in [2.05, 4.69) is 13.8 Å². The summed E-state index contributed by atoms with van der Waals surface area (Å²) in [6.45, 7) is 4.86. The fourth-order valence-corrected chi connectivity index (χ4v) is 1.11. The molecule has 3 nitrogen and oxygen atoms in total. The minimum Gasteiger partial charge on any atom is -0.480 e. The normalized spacial score (nSPS) is 15.3. The highest BCUT2D eigenvalue weighted by Gasteiger charge is 2.13. The highest BCUT2D eigenvalue weighted by atomic mass is 35.5. The van der Waals surface area contributed by atoms with Crippen molar-refractivity contribution in [2.45, 2.75) is 32.1 Å². The molecule has 0 aliphatic rings. The number of carbonyl (C=O) groups is 1. The standard InChI is InChI=1S/C9H17ClO3/c1-3-4-7(2)5-13-6-8(10)9(11)12/h7-8H,3-6H2,1-2H3,(H,11,12). The van der Waals surface area contributed by atoms with Gasteiger partial charge >= 0.3 is 5.97 Å². The second-order valence-electron chi connectivity index (χ2n) is 3.24. The summed E-state index contributed by atoms with van der Waals surface area (Å²) in [7, 11) is 0. The molecule has 4 heteroatoms. The number of aliphatic carboxylic acids is 1. The third-order valence-corrected chi connectivity index (χ3v) is 2.03. The summed E-state index contributed by atoms with van der Waals surface area (Å²) in [5.74, 6) is -0.549. The van der Waals surface area contributed by atoms with Crippen molar-refractivity contribution in [3.05, 3.63) is 0 Å². The Balaban J connectivity index is 3.39. The summed E-state index contributed by atoms with van der Waals surface area (Å²) >= 11 is 5.45. The smallest absolute Gasteiger partial charge is 0.324 e. The maximum atomic E-state index is 10.3. The second kappa shape index (κ2) is 7.15. The Kier molecular flexibility index (Phi) is 7.00. The monoisotopic (exact) mass is 208 g/mol. The topological polar surface area (TPSA) is 46.5 Å². The van der Waals surface area contributed by atoms with Crippen molar-refractivity contribution in [1.29, 1.82) is 0 Å². The zero-order valence-corrected chi connectivity index (χ0v) is 8.88. The molecule has 0 aromatic rings. The number of rotatable bonds is 7. The Labute approximate surface area is 84.0 Å². The van der Waals surface area contributed by atoms with Gasteiger partial charge in [-0.2, -0.15) is 0 Å². The first kappa shape index (κ1) is 12.7. The van der Waals surface area contributed by atoms with Gasteiger partial charge < -0.3 is 9.84 Å². The van der Waals surface area contributed by atoms with Crippen molar-refractivity contribution in [2.75, 3.05) is 13.2 Å². The van der Waals surface area contributed by atoms with Gasteiger partial charge in [-0.3, -0.25) is 4.79 Å². The first-order chi connectivity index (χ1) is 6.07. The van der Waals surface area contributed by atoms with Crippen LogP contribution in [0.5, 0.6) is 0 Å². The SMILES string of the molecule is CCCC(C)COCC(Cl)C(=O)O. The summed E-state index contributed by atoms with van der Waals surface area (Å²) < 4.78 is 5.16. The van der Waals surface area contributed by atoms with E-state index in [1.54, 1.807) is 0 Å². The van der Waals surface area contributed by atoms with Crippen LogP contribution < -0.4 is 0 Å². The molecular formula is C9H17ClO3. The van der Waals surface area contributed by atoms with Gasteiger partial charge in [0.1, 0.15) is 0 Å². The molecule has 2 unspecified atom stereocenters. The van der Waals surface area contributed by atoms with Gasteiger partial charge in [0.05, 0.1) is 6.61 Å². The van der Waals surface area contributed by atoms with Crippen LogP contribution in [0.1, 0.15) is 26.7 Å². The molecule has 0 aromatic heterocycles. The Hall–Kier alpha value is -0.280. The number of alkyl halides is 1. The van der Waals surface area contributed by atoms with Crippen LogP contribution >= 0.6 is 11.6 Å². The van der Waals surface area contributed by atoms with E-state index in [0.717, 1.165) is 12.8 Å². The Morgan fingerprint density at radius 2 is 2.15 bits per heavy atom. The molecule has 0 saturated heterocycles. The molecule has 0 aliphatic heterocycles. The second-order valence-corrected chi connectivity index (χ2v) is 3.76. The summed E-state index contributed by atoms with van der Waals surface area (Å²) in [5, 5.41) is 7.52. The van der Waals surface area contributed by atoms with Crippen LogP contribution in [0.15, 0.2) is 0 Å². The van der Waals surface area contributed by atoms with Crippen LogP contribution in [-0.2, 0) is 9.53 Å². The molecule has 1 N–H and O–H groups in total. The van der Waals surface area contributed by atoms with Crippen molar-refractivity contribution in [3.63, 3.8) is 0 Å². The Morgan fingerprint density at radius 1 is 1.54 bits per heavy atom. The van der Waals surface area contributed by atoms with Crippen LogP contribution in [-0.4, -0.2) is 29.7 Å². The summed E-state index contributed by atoms with van der Waals surface area (Å²) in [4.78, 5) is 10.3. The molecule has 0 aromatic carbocycles. The minimum absolute atomic E-state index is 0.0882. The van der Waals surface area contributed by atoms with E-state index in [0.29, 0.717) is 12.5 Å². The number of hydrogen-bond donors (Lipinski definition) is 1. The molecule has 78 valence electrons. The van der Waals surface area contributed by atoms with Crippen LogP contribution in [0.3, 0.4) is 0 Å². The van der Waals surface area contributed by atoms with Crippen molar-refractivity contribution in [1.82, 2.24) is 0 Å². The fraction of sp³-hybridized carbons (Fsp3) is 0.889. The van der Waals surface area contributed by atoms with Gasteiger partial charge in [0.25, 0.3) is 0 Å². The van der Waals surface area contributed by atoms with Gasteiger partial charge in [-0.05, 0) is 12.3 Å². The van der Waals surface area contributed by atoms with Crippen molar-refractivity contribution in [3.8, 4) is 0 Å². The predicted molar refractivity (Wildman–Crippen MR) is 52.2 cm³/mol. The highest BCUT2D eigenvalue weighted by Crippen LogP contribution is 2.06. The van der Waals surface area contributed by atoms with Crippen molar-refractivity contribution < 1.29 is 14.6 Å². The third-order valence-electron chi connectivity index (χ3n) is 1.72. The van der Waals surface area contributed by atoms with Crippen LogP contribution in [0.4, 0.5) is 0 Å². The van der Waals surface area contributed by atoms with Gasteiger partial charge in [-0.1, -0.05) is 20.3 Å². The summed E-state index contributed by atoms with van der Waals surface area (Å²) in [6, 6.07) is 0. The number of halogens is 1. The lowest BCUT2D eigenvalue weighted by Crippen LogP contribution is -2.21. The molecule has 0 heterocycles. The molecule has 13 heavy (non-hydrogen) atoms. The number of carboxylic acid groups (broad SMARTS) is 1. The van der Waals surface area contributed by atoms with E-state index >= 15 is 0 Å². The lowest BCUT2D eigenvalue weighted by molar-refractivity contribution is -0.137. The zero-order chi connectivity index (χ0) is 10.3. The van der Waals surface area contributed by atoms with Gasteiger partial charge in [-0.25, -0.2) is 0 Å². The fourth-order valence-electron chi connectivity index (χ4n) is 1.02. The summed E-state index contributed by atoms with van der Waals surface area (Å²) in [5.41, 5.74) is 0. The first-order valence-corrected chi connectivity index (χ1v) is 4.96. The molecule has 0 aliphatic carbocycles. The molecular weight excluding hydrogens is 192 g/mol. The molecule has 0 radical (unpaired) electrons. The molecule has 0 spiro atoms. The van der Waals surface area contributed by atoms with Gasteiger partial charge in [0, 0.05) is 6.61 Å². The van der Waals surface area contributed by atoms with E-state index in [1.165, 1.54) is 0 Å². The molecule has 0 amide bonds. The average molecular weight is 209 g/mol. The van der Waals surface area contributed by atoms with Gasteiger partial charge in [0.15, 0.2) is 5.38 Å². The van der Waals surface area contributed by atoms with Crippen molar-refractivity contribution >= 4 is 17.6 Å². The molecule has 0 saturated carbocycles. The van der Waals surface area contributed by atoms with Crippen LogP contribution in [0, 0.1) is 5.92 Å². The van der Waals surface area contributed by atoms with E-state index in [4.69, 9.17) is 21.4 Å². The molecule has 0 bridgehead atoms. The Morgan fingerprint density at radius 3 is 2.62 bits per heavy atom. The third kappa shape index (κ3) is 6.84. The van der Waals surface area contributed by atoms with E-state index in [-0.39, 0.29) is 6.61 Å². The van der Waals surface area contributed by atoms with E-state index in [1.807, 2.05) is 0 Å². The molecule has 0 rings (SSSR count). The maximum Gasteiger partial charge on any atom is 0.324 e. The quantitative estimate of drug-likeness (QED) is 0.652. The number of ether oxygens (including phenoxy) is 1. The van der Waals surface area contributed by atoms with Gasteiger partial charge in [0.2, 0.25) is 0 Å². The zero-order valence-electron chi connectivity index (χ0n) is 8.12. The van der Waals surface area contributed by atoms with Crippen LogP contribution in [0.25, 0.3) is 0 Å². The number of carboxylic acids is 1. The largest absolute Gasteiger partial charge is 0.480 e. The van der Waals surface area contributed by atoms with E-state index in [9.17, 15) is 4.79 Å². The lowest BCUT2D eigenvalue weighted by Gasteiger charge is -2.11. The highest BCUT2D eigenvalue weighted by molar-refractivity contribution is 6.29. The van der Waals surface area contributed by atoms with E-state index < -0.39 is 11.3 Å². The molecule has 2 atom stereocenters.